The fourth-order valence-electron chi connectivity index (χ4n) is 2.56. The molecule has 1 heterocycles. The van der Waals surface area contributed by atoms with E-state index in [1.54, 1.807) is 0 Å². The zero-order valence-corrected chi connectivity index (χ0v) is 12.9. The van der Waals surface area contributed by atoms with E-state index in [1.807, 2.05) is 0 Å². The molecule has 0 aliphatic heterocycles. The van der Waals surface area contributed by atoms with E-state index >= 15 is 0 Å². The molecule has 0 spiro atoms. The zero-order chi connectivity index (χ0) is 14.5. The fourth-order valence-corrected chi connectivity index (χ4v) is 2.56. The van der Waals surface area contributed by atoms with E-state index in [1.165, 1.54) is 16.3 Å². The lowest BCUT2D eigenvalue weighted by Gasteiger charge is -2.19. The number of aromatic nitrogens is 2. The molecule has 1 N–H and O–H groups in total. The molecule has 3 aromatic rings. The zero-order valence-electron chi connectivity index (χ0n) is 12.9. The molecule has 0 atom stereocenters. The molecule has 0 amide bonds. The molecule has 0 saturated carbocycles. The maximum Gasteiger partial charge on any atom is 0.109 e. The standard InChI is InChI=1S/C18H22N2/c1-11(2)17-19-15-9-6-12-10-13(18(3,4)5)7-8-14(12)16(15)20-17/h6-11H,1-5H3,(H,19,20). The van der Waals surface area contributed by atoms with Crippen molar-refractivity contribution < 1.29 is 0 Å². The van der Waals surface area contributed by atoms with Crippen molar-refractivity contribution >= 4 is 21.8 Å². The predicted molar refractivity (Wildman–Crippen MR) is 86.4 cm³/mol. The topological polar surface area (TPSA) is 28.7 Å². The monoisotopic (exact) mass is 266 g/mol. The second-order valence-electron chi connectivity index (χ2n) is 6.92. The van der Waals surface area contributed by atoms with Crippen LogP contribution in [0, 0.1) is 0 Å². The Labute approximate surface area is 120 Å². The summed E-state index contributed by atoms with van der Waals surface area (Å²) in [5.41, 5.74) is 3.76. The molecule has 2 nitrogen and oxygen atoms in total. The van der Waals surface area contributed by atoms with Gasteiger partial charge in [-0.15, -0.1) is 0 Å². The Hall–Kier alpha value is -1.83. The van der Waals surface area contributed by atoms with Crippen LogP contribution >= 0.6 is 0 Å². The minimum absolute atomic E-state index is 0.178. The van der Waals surface area contributed by atoms with Crippen molar-refractivity contribution in [2.45, 2.75) is 46.0 Å². The van der Waals surface area contributed by atoms with Crippen LogP contribution in [0.25, 0.3) is 21.8 Å². The third kappa shape index (κ3) is 2.09. The Kier molecular flexibility index (Phi) is 2.86. The molecule has 0 radical (unpaired) electrons. The summed E-state index contributed by atoms with van der Waals surface area (Å²) < 4.78 is 0. The lowest BCUT2D eigenvalue weighted by molar-refractivity contribution is 0.591. The normalized spacial score (nSPS) is 12.7. The predicted octanol–water partition coefficient (Wildman–Crippen LogP) is 5.14. The van der Waals surface area contributed by atoms with Gasteiger partial charge >= 0.3 is 0 Å². The first kappa shape index (κ1) is 13.2. The van der Waals surface area contributed by atoms with Crippen LogP contribution in [0.15, 0.2) is 30.3 Å². The second kappa shape index (κ2) is 4.34. The first-order valence-corrected chi connectivity index (χ1v) is 7.29. The second-order valence-corrected chi connectivity index (χ2v) is 6.92. The molecule has 20 heavy (non-hydrogen) atoms. The minimum atomic E-state index is 0.178. The first-order valence-electron chi connectivity index (χ1n) is 7.29. The van der Waals surface area contributed by atoms with Gasteiger partial charge in [-0.1, -0.05) is 58.9 Å². The van der Waals surface area contributed by atoms with Crippen molar-refractivity contribution in [1.29, 1.82) is 0 Å². The van der Waals surface area contributed by atoms with Crippen LogP contribution in [-0.4, -0.2) is 9.97 Å². The van der Waals surface area contributed by atoms with Crippen LogP contribution in [0.2, 0.25) is 0 Å². The van der Waals surface area contributed by atoms with Crippen LogP contribution < -0.4 is 0 Å². The van der Waals surface area contributed by atoms with Crippen molar-refractivity contribution in [3.63, 3.8) is 0 Å². The summed E-state index contributed by atoms with van der Waals surface area (Å²) in [7, 11) is 0. The van der Waals surface area contributed by atoms with Crippen molar-refractivity contribution in [3.05, 3.63) is 41.7 Å². The highest BCUT2D eigenvalue weighted by molar-refractivity contribution is 6.04. The van der Waals surface area contributed by atoms with E-state index in [0.717, 1.165) is 16.9 Å². The third-order valence-corrected chi connectivity index (χ3v) is 3.90. The molecule has 2 aromatic carbocycles. The number of H-pyrrole nitrogens is 1. The summed E-state index contributed by atoms with van der Waals surface area (Å²) in [5, 5.41) is 2.50. The smallest absolute Gasteiger partial charge is 0.109 e. The first-order chi connectivity index (χ1) is 9.36. The lowest BCUT2D eigenvalue weighted by atomic mass is 9.86. The van der Waals surface area contributed by atoms with E-state index in [4.69, 9.17) is 4.98 Å². The van der Waals surface area contributed by atoms with Gasteiger partial charge < -0.3 is 4.98 Å². The Balaban J connectivity index is 2.27. The van der Waals surface area contributed by atoms with Crippen LogP contribution in [0.5, 0.6) is 0 Å². The third-order valence-electron chi connectivity index (χ3n) is 3.90. The van der Waals surface area contributed by atoms with Gasteiger partial charge in [-0.2, -0.15) is 0 Å². The molecule has 2 heteroatoms. The number of hydrogen-bond donors (Lipinski definition) is 1. The van der Waals surface area contributed by atoms with E-state index in [-0.39, 0.29) is 5.41 Å². The highest BCUT2D eigenvalue weighted by atomic mass is 14.9. The number of aromatic amines is 1. The molecule has 0 aliphatic rings. The number of nitrogens with one attached hydrogen (secondary N) is 1. The number of fused-ring (bicyclic) bond motifs is 3. The van der Waals surface area contributed by atoms with Gasteiger partial charge in [-0.3, -0.25) is 0 Å². The van der Waals surface area contributed by atoms with Crippen LogP contribution in [-0.2, 0) is 5.41 Å². The largest absolute Gasteiger partial charge is 0.342 e. The summed E-state index contributed by atoms with van der Waals surface area (Å²) in [6.07, 6.45) is 0. The number of rotatable bonds is 1. The Morgan fingerprint density at radius 1 is 1.05 bits per heavy atom. The molecule has 0 aliphatic carbocycles. The van der Waals surface area contributed by atoms with Crippen LogP contribution in [0.4, 0.5) is 0 Å². The van der Waals surface area contributed by atoms with Gasteiger partial charge in [0, 0.05) is 11.3 Å². The number of hydrogen-bond acceptors (Lipinski definition) is 1. The summed E-state index contributed by atoms with van der Waals surface area (Å²) in [6, 6.07) is 11.1. The Morgan fingerprint density at radius 2 is 1.80 bits per heavy atom. The molecule has 104 valence electrons. The van der Waals surface area contributed by atoms with E-state index in [2.05, 4.69) is 69.9 Å². The molecule has 1 aromatic heterocycles. The number of nitrogens with zero attached hydrogens (tertiary/aromatic N) is 1. The van der Waals surface area contributed by atoms with Crippen molar-refractivity contribution in [2.75, 3.05) is 0 Å². The van der Waals surface area contributed by atoms with Gasteiger partial charge in [0.25, 0.3) is 0 Å². The van der Waals surface area contributed by atoms with Gasteiger partial charge in [0.15, 0.2) is 0 Å². The van der Waals surface area contributed by atoms with Gasteiger partial charge in [0.1, 0.15) is 5.82 Å². The minimum Gasteiger partial charge on any atom is -0.342 e. The molecule has 0 saturated heterocycles. The van der Waals surface area contributed by atoms with Gasteiger partial charge in [-0.25, -0.2) is 4.98 Å². The molecule has 3 rings (SSSR count). The summed E-state index contributed by atoms with van der Waals surface area (Å²) in [4.78, 5) is 8.20. The Bertz CT molecular complexity index is 773. The lowest BCUT2D eigenvalue weighted by Crippen LogP contribution is -2.10. The van der Waals surface area contributed by atoms with Crippen LogP contribution in [0.3, 0.4) is 0 Å². The maximum absolute atomic E-state index is 4.78. The quantitative estimate of drug-likeness (QED) is 0.649. The SMILES string of the molecule is CC(C)c1nc2c(ccc3cc(C(C)(C)C)ccc32)[nH]1. The molecular formula is C18H22N2. The Morgan fingerprint density at radius 3 is 2.45 bits per heavy atom. The van der Waals surface area contributed by atoms with Gasteiger partial charge in [0.05, 0.1) is 11.0 Å². The van der Waals surface area contributed by atoms with Crippen molar-refractivity contribution in [2.24, 2.45) is 0 Å². The van der Waals surface area contributed by atoms with E-state index in [0.29, 0.717) is 5.92 Å². The van der Waals surface area contributed by atoms with Gasteiger partial charge in [0.2, 0.25) is 0 Å². The maximum atomic E-state index is 4.78. The number of imidazole rings is 1. The average molecular weight is 266 g/mol. The number of benzene rings is 2. The molecule has 0 fully saturated rings. The van der Waals surface area contributed by atoms with Crippen molar-refractivity contribution in [1.82, 2.24) is 9.97 Å². The highest BCUT2D eigenvalue weighted by Gasteiger charge is 2.15. The average Bonchev–Trinajstić information content (AvgIpc) is 2.81. The molecular weight excluding hydrogens is 244 g/mol. The van der Waals surface area contributed by atoms with E-state index in [9.17, 15) is 0 Å². The summed E-state index contributed by atoms with van der Waals surface area (Å²) >= 11 is 0. The fraction of sp³-hybridized carbons (Fsp3) is 0.389. The van der Waals surface area contributed by atoms with Crippen LogP contribution in [0.1, 0.15) is 51.9 Å². The van der Waals surface area contributed by atoms with Crippen molar-refractivity contribution in [3.8, 4) is 0 Å². The summed E-state index contributed by atoms with van der Waals surface area (Å²) in [6.45, 7) is 11.1. The van der Waals surface area contributed by atoms with E-state index < -0.39 is 0 Å². The van der Waals surface area contributed by atoms with Gasteiger partial charge in [-0.05, 0) is 22.4 Å². The highest BCUT2D eigenvalue weighted by Crippen LogP contribution is 2.30. The molecule has 0 unspecified atom stereocenters. The summed E-state index contributed by atoms with van der Waals surface area (Å²) in [5.74, 6) is 1.48. The molecule has 0 bridgehead atoms.